The van der Waals surface area contributed by atoms with Gasteiger partial charge in [0, 0.05) is 18.9 Å². The molecule has 1 aromatic carbocycles. The number of amides is 1. The molecular formula is C22H26Cl2N6O3. The van der Waals surface area contributed by atoms with Gasteiger partial charge in [-0.2, -0.15) is 0 Å². The number of rotatable bonds is 12. The first-order valence-corrected chi connectivity index (χ1v) is 11.3. The molecule has 33 heavy (non-hydrogen) atoms. The lowest BCUT2D eigenvalue weighted by Crippen LogP contribution is -2.46. The maximum absolute atomic E-state index is 12.6. The highest BCUT2D eigenvalue weighted by Gasteiger charge is 2.24. The zero-order valence-electron chi connectivity index (χ0n) is 17.9. The Morgan fingerprint density at radius 3 is 2.55 bits per heavy atom. The van der Waals surface area contributed by atoms with E-state index in [1.54, 1.807) is 18.5 Å². The molecule has 0 aliphatic carbocycles. The number of benzene rings is 1. The van der Waals surface area contributed by atoms with E-state index in [2.05, 4.69) is 25.9 Å². The van der Waals surface area contributed by atoms with Gasteiger partial charge in [0.15, 0.2) is 6.29 Å². The standard InChI is InChI=1S/C22H26Cl2N6O3/c23-16-8-6-9-17(24)20(16)21(31)27-18(22(32)33)14-30-13-15(28-29-30)7-2-1-4-11-25-19-10-3-5-12-26-19/h3,5-6,8-10,12-13,18,22,32-33H,1-2,4,7,11,14H2,(H,25,26)(H,27,31)/t18-/m0/s1. The number of nitrogens with zero attached hydrogens (tertiary/aromatic N) is 4. The molecule has 0 saturated carbocycles. The van der Waals surface area contributed by atoms with Crippen molar-refractivity contribution in [1.82, 2.24) is 25.3 Å². The number of halogens is 2. The minimum absolute atomic E-state index is 0.0203. The summed E-state index contributed by atoms with van der Waals surface area (Å²) in [6.07, 6.45) is 5.38. The largest absolute Gasteiger partial charge is 0.370 e. The van der Waals surface area contributed by atoms with Gasteiger partial charge in [-0.3, -0.25) is 9.48 Å². The zero-order chi connectivity index (χ0) is 23.6. The first-order chi connectivity index (χ1) is 15.9. The number of aryl methyl sites for hydroxylation is 1. The third kappa shape index (κ3) is 7.68. The molecule has 1 atom stereocenters. The summed E-state index contributed by atoms with van der Waals surface area (Å²) in [6, 6.07) is 9.40. The minimum Gasteiger partial charge on any atom is -0.370 e. The fourth-order valence-electron chi connectivity index (χ4n) is 3.21. The van der Waals surface area contributed by atoms with Crippen molar-refractivity contribution in [3.8, 4) is 0 Å². The monoisotopic (exact) mass is 492 g/mol. The molecule has 0 radical (unpaired) electrons. The van der Waals surface area contributed by atoms with Gasteiger partial charge in [0.2, 0.25) is 0 Å². The molecule has 2 heterocycles. The maximum atomic E-state index is 12.6. The smallest absolute Gasteiger partial charge is 0.254 e. The molecule has 3 rings (SSSR count). The number of carbonyl (C=O) groups excluding carboxylic acids is 1. The summed E-state index contributed by atoms with van der Waals surface area (Å²) in [5.41, 5.74) is 0.864. The van der Waals surface area contributed by atoms with Gasteiger partial charge in [-0.15, -0.1) is 5.10 Å². The van der Waals surface area contributed by atoms with Crippen LogP contribution >= 0.6 is 23.2 Å². The van der Waals surface area contributed by atoms with E-state index in [1.165, 1.54) is 16.8 Å². The zero-order valence-corrected chi connectivity index (χ0v) is 19.4. The second-order valence-corrected chi connectivity index (χ2v) is 8.29. The van der Waals surface area contributed by atoms with Crippen molar-refractivity contribution in [2.45, 2.75) is 44.6 Å². The highest BCUT2D eigenvalue weighted by Crippen LogP contribution is 2.24. The molecule has 0 spiro atoms. The number of unbranched alkanes of at least 4 members (excludes halogenated alkanes) is 2. The van der Waals surface area contributed by atoms with Crippen molar-refractivity contribution >= 4 is 34.9 Å². The lowest BCUT2D eigenvalue weighted by molar-refractivity contribution is -0.0691. The van der Waals surface area contributed by atoms with Crippen LogP contribution in [0.4, 0.5) is 5.82 Å². The van der Waals surface area contributed by atoms with Gasteiger partial charge in [0.05, 0.1) is 33.9 Å². The normalized spacial score (nSPS) is 12.0. The van der Waals surface area contributed by atoms with E-state index in [9.17, 15) is 15.0 Å². The number of hydrogen-bond donors (Lipinski definition) is 4. The molecule has 0 fully saturated rings. The number of nitrogens with one attached hydrogen (secondary N) is 2. The van der Waals surface area contributed by atoms with Crippen molar-refractivity contribution in [2.24, 2.45) is 0 Å². The molecule has 0 unspecified atom stereocenters. The van der Waals surface area contributed by atoms with E-state index in [0.29, 0.717) is 0 Å². The van der Waals surface area contributed by atoms with Crippen LogP contribution in [0.5, 0.6) is 0 Å². The first-order valence-electron chi connectivity index (χ1n) is 10.6. The molecule has 3 aromatic rings. The molecular weight excluding hydrogens is 467 g/mol. The number of carbonyl (C=O) groups is 1. The molecule has 0 bridgehead atoms. The van der Waals surface area contributed by atoms with E-state index < -0.39 is 18.2 Å². The Balaban J connectivity index is 1.45. The number of hydrogen-bond acceptors (Lipinski definition) is 7. The molecule has 0 aliphatic rings. The number of pyridine rings is 1. The predicted octanol–water partition coefficient (Wildman–Crippen LogP) is 2.91. The van der Waals surface area contributed by atoms with E-state index in [4.69, 9.17) is 23.2 Å². The van der Waals surface area contributed by atoms with Gasteiger partial charge in [0.1, 0.15) is 5.82 Å². The Bertz CT molecular complexity index is 1010. The van der Waals surface area contributed by atoms with Crippen molar-refractivity contribution in [2.75, 3.05) is 11.9 Å². The second-order valence-electron chi connectivity index (χ2n) is 7.47. The lowest BCUT2D eigenvalue weighted by atomic mass is 10.1. The van der Waals surface area contributed by atoms with Gasteiger partial charge in [-0.1, -0.05) is 47.0 Å². The molecule has 4 N–H and O–H groups in total. The number of aromatic nitrogens is 4. The molecule has 11 heteroatoms. The van der Waals surface area contributed by atoms with Crippen LogP contribution in [0.1, 0.15) is 35.3 Å². The number of anilines is 1. The topological polar surface area (TPSA) is 125 Å². The third-order valence-electron chi connectivity index (χ3n) is 4.92. The average molecular weight is 493 g/mol. The summed E-state index contributed by atoms with van der Waals surface area (Å²) < 4.78 is 1.47. The van der Waals surface area contributed by atoms with Crippen LogP contribution < -0.4 is 10.6 Å². The average Bonchev–Trinajstić information content (AvgIpc) is 3.23. The van der Waals surface area contributed by atoms with Gasteiger partial charge in [-0.25, -0.2) is 4.98 Å². The summed E-state index contributed by atoms with van der Waals surface area (Å²) in [6.45, 7) is 0.862. The van der Waals surface area contributed by atoms with Crippen LogP contribution in [0, 0.1) is 0 Å². The first kappa shape index (κ1) is 24.9. The Morgan fingerprint density at radius 1 is 1.06 bits per heavy atom. The fraction of sp³-hybridized carbons (Fsp3) is 0.364. The second kappa shape index (κ2) is 12.5. The summed E-state index contributed by atoms with van der Waals surface area (Å²) in [7, 11) is 0. The third-order valence-corrected chi connectivity index (χ3v) is 5.55. The van der Waals surface area contributed by atoms with E-state index >= 15 is 0 Å². The Morgan fingerprint density at radius 2 is 1.85 bits per heavy atom. The highest BCUT2D eigenvalue weighted by molar-refractivity contribution is 6.39. The van der Waals surface area contributed by atoms with Crippen LogP contribution in [0.15, 0.2) is 48.8 Å². The minimum atomic E-state index is -1.81. The molecule has 1 amide bonds. The number of aliphatic hydroxyl groups excluding tert-OH is 1. The SMILES string of the molecule is O=C(N[C@@H](Cn1cc(CCCCCNc2ccccn2)nn1)C(O)O)c1c(Cl)cccc1Cl. The van der Waals surface area contributed by atoms with Gasteiger partial charge < -0.3 is 20.8 Å². The van der Waals surface area contributed by atoms with Crippen LogP contribution in [0.25, 0.3) is 0 Å². The molecule has 0 saturated heterocycles. The van der Waals surface area contributed by atoms with Crippen molar-refractivity contribution in [3.05, 3.63) is 70.1 Å². The van der Waals surface area contributed by atoms with Crippen LogP contribution in [-0.4, -0.2) is 55.0 Å². The number of aliphatic hydroxyl groups is 2. The van der Waals surface area contributed by atoms with Crippen molar-refractivity contribution in [3.63, 3.8) is 0 Å². The van der Waals surface area contributed by atoms with Gasteiger partial charge >= 0.3 is 0 Å². The highest BCUT2D eigenvalue weighted by atomic mass is 35.5. The summed E-state index contributed by atoms with van der Waals surface area (Å²) >= 11 is 12.1. The Hall–Kier alpha value is -2.72. The Labute approximate surface area is 201 Å². The quantitative estimate of drug-likeness (QED) is 0.226. The molecule has 0 aliphatic heterocycles. The summed E-state index contributed by atoms with van der Waals surface area (Å²) in [5, 5.41) is 33.8. The fourth-order valence-corrected chi connectivity index (χ4v) is 3.77. The lowest BCUT2D eigenvalue weighted by Gasteiger charge is -2.20. The Kier molecular flexibility index (Phi) is 9.44. The van der Waals surface area contributed by atoms with E-state index in [-0.39, 0.29) is 22.2 Å². The maximum Gasteiger partial charge on any atom is 0.254 e. The van der Waals surface area contributed by atoms with Crippen molar-refractivity contribution in [1.29, 1.82) is 0 Å². The van der Waals surface area contributed by atoms with E-state index in [0.717, 1.165) is 43.7 Å². The molecule has 176 valence electrons. The summed E-state index contributed by atoms with van der Waals surface area (Å²) in [4.78, 5) is 16.8. The van der Waals surface area contributed by atoms with Crippen LogP contribution in [0.3, 0.4) is 0 Å². The summed E-state index contributed by atoms with van der Waals surface area (Å²) in [5.74, 6) is 0.258. The predicted molar refractivity (Wildman–Crippen MR) is 126 cm³/mol. The van der Waals surface area contributed by atoms with E-state index in [1.807, 2.05) is 18.2 Å². The van der Waals surface area contributed by atoms with Crippen LogP contribution in [-0.2, 0) is 13.0 Å². The molecule has 9 nitrogen and oxygen atoms in total. The molecule has 2 aromatic heterocycles. The van der Waals surface area contributed by atoms with Crippen LogP contribution in [0.2, 0.25) is 10.0 Å². The van der Waals surface area contributed by atoms with Gasteiger partial charge in [-0.05, 0) is 43.5 Å². The van der Waals surface area contributed by atoms with Crippen molar-refractivity contribution < 1.29 is 15.0 Å². The van der Waals surface area contributed by atoms with Gasteiger partial charge in [0.25, 0.3) is 5.91 Å².